The number of para-hydroxylation sites is 2. The molecule has 3 heteroatoms. The molecule has 94 valence electrons. The van der Waals surface area contributed by atoms with Gasteiger partial charge in [0.15, 0.2) is 0 Å². The minimum absolute atomic E-state index is 0.710. The van der Waals surface area contributed by atoms with E-state index in [2.05, 4.69) is 11.9 Å². The molecule has 0 aromatic heterocycles. The first-order valence-electron chi connectivity index (χ1n) is 6.45. The van der Waals surface area contributed by atoms with Crippen molar-refractivity contribution < 1.29 is 4.74 Å². The van der Waals surface area contributed by atoms with E-state index in [1.165, 1.54) is 25.7 Å². The summed E-state index contributed by atoms with van der Waals surface area (Å²) >= 11 is 0. The number of nitrogens with zero attached hydrogens (tertiary/aromatic N) is 1. The van der Waals surface area contributed by atoms with Crippen molar-refractivity contribution in [2.24, 2.45) is 0 Å². The Morgan fingerprint density at radius 3 is 2.71 bits per heavy atom. The summed E-state index contributed by atoms with van der Waals surface area (Å²) in [6.07, 6.45) is 5.43. The quantitative estimate of drug-likeness (QED) is 0.796. The van der Waals surface area contributed by atoms with Gasteiger partial charge >= 0.3 is 0 Å². The van der Waals surface area contributed by atoms with Crippen molar-refractivity contribution in [1.29, 1.82) is 0 Å². The fraction of sp³-hybridized carbons (Fsp3) is 0.571. The van der Waals surface area contributed by atoms with Crippen molar-refractivity contribution in [1.82, 2.24) is 4.90 Å². The first-order valence-corrected chi connectivity index (χ1v) is 6.45. The molecule has 1 aromatic carbocycles. The van der Waals surface area contributed by atoms with E-state index in [1.54, 1.807) is 0 Å². The summed E-state index contributed by atoms with van der Waals surface area (Å²) in [5.74, 6) is 0.798. The van der Waals surface area contributed by atoms with Gasteiger partial charge in [-0.3, -0.25) is 0 Å². The van der Waals surface area contributed by atoms with Gasteiger partial charge in [0.05, 0.1) is 5.69 Å². The van der Waals surface area contributed by atoms with Crippen molar-refractivity contribution in [2.45, 2.75) is 31.7 Å². The summed E-state index contributed by atoms with van der Waals surface area (Å²) in [4.78, 5) is 2.41. The predicted octanol–water partition coefficient (Wildman–Crippen LogP) is 2.52. The van der Waals surface area contributed by atoms with Gasteiger partial charge in [0.25, 0.3) is 0 Å². The van der Waals surface area contributed by atoms with E-state index in [0.717, 1.165) is 24.0 Å². The molecule has 0 amide bonds. The maximum atomic E-state index is 5.82. The van der Waals surface area contributed by atoms with Crippen LogP contribution in [-0.4, -0.2) is 31.1 Å². The van der Waals surface area contributed by atoms with Gasteiger partial charge < -0.3 is 15.4 Å². The molecule has 17 heavy (non-hydrogen) atoms. The Labute approximate surface area is 104 Å². The second-order valence-corrected chi connectivity index (χ2v) is 4.81. The van der Waals surface area contributed by atoms with E-state index in [1.807, 2.05) is 24.3 Å². The lowest BCUT2D eigenvalue weighted by atomic mass is 10.2. The lowest BCUT2D eigenvalue weighted by molar-refractivity contribution is 0.193. The van der Waals surface area contributed by atoms with Crippen LogP contribution in [0.1, 0.15) is 25.7 Å². The van der Waals surface area contributed by atoms with Crippen LogP contribution in [0.15, 0.2) is 24.3 Å². The van der Waals surface area contributed by atoms with Crippen LogP contribution in [0.2, 0.25) is 0 Å². The van der Waals surface area contributed by atoms with Gasteiger partial charge in [-0.05, 0) is 32.0 Å². The monoisotopic (exact) mass is 234 g/mol. The average molecular weight is 234 g/mol. The fourth-order valence-electron chi connectivity index (χ4n) is 2.44. The minimum Gasteiger partial charge on any atom is -0.490 e. The molecule has 1 aliphatic rings. The molecule has 2 N–H and O–H groups in total. The maximum absolute atomic E-state index is 5.82. The number of ether oxygens (including phenoxy) is 1. The highest BCUT2D eigenvalue weighted by atomic mass is 16.5. The summed E-state index contributed by atoms with van der Waals surface area (Å²) in [6, 6.07) is 8.42. The summed E-state index contributed by atoms with van der Waals surface area (Å²) < 4.78 is 5.70. The van der Waals surface area contributed by atoms with E-state index in [0.29, 0.717) is 6.61 Å². The molecule has 0 saturated heterocycles. The molecule has 0 heterocycles. The molecule has 0 aliphatic heterocycles. The Hall–Kier alpha value is -1.22. The third-order valence-electron chi connectivity index (χ3n) is 3.57. The first kappa shape index (κ1) is 12.2. The van der Waals surface area contributed by atoms with Crippen molar-refractivity contribution in [3.63, 3.8) is 0 Å². The van der Waals surface area contributed by atoms with Gasteiger partial charge in [-0.1, -0.05) is 25.0 Å². The Morgan fingerprint density at radius 1 is 1.29 bits per heavy atom. The Bertz CT molecular complexity index is 348. The summed E-state index contributed by atoms with van der Waals surface area (Å²) in [7, 11) is 2.19. The smallest absolute Gasteiger partial charge is 0.142 e. The molecule has 1 fully saturated rings. The van der Waals surface area contributed by atoms with Gasteiger partial charge in [-0.2, -0.15) is 0 Å². The second-order valence-electron chi connectivity index (χ2n) is 4.81. The van der Waals surface area contributed by atoms with E-state index in [4.69, 9.17) is 10.5 Å². The van der Waals surface area contributed by atoms with Crippen molar-refractivity contribution in [2.75, 3.05) is 25.9 Å². The van der Waals surface area contributed by atoms with Gasteiger partial charge in [-0.25, -0.2) is 0 Å². The van der Waals surface area contributed by atoms with Crippen LogP contribution in [0.25, 0.3) is 0 Å². The standard InChI is InChI=1S/C14H22N2O/c1-16(12-6-2-3-7-12)10-11-17-14-9-5-4-8-13(14)15/h4-5,8-9,12H,2-3,6-7,10-11,15H2,1H3. The summed E-state index contributed by atoms with van der Waals surface area (Å²) in [6.45, 7) is 1.68. The minimum atomic E-state index is 0.710. The number of nitrogen functional groups attached to an aromatic ring is 1. The first-order chi connectivity index (χ1) is 8.27. The van der Waals surface area contributed by atoms with E-state index in [9.17, 15) is 0 Å². The molecule has 0 radical (unpaired) electrons. The molecule has 1 aromatic rings. The molecular weight excluding hydrogens is 212 g/mol. The molecule has 1 saturated carbocycles. The van der Waals surface area contributed by atoms with Crippen LogP contribution in [0.4, 0.5) is 5.69 Å². The van der Waals surface area contributed by atoms with Crippen LogP contribution in [-0.2, 0) is 0 Å². The third kappa shape index (κ3) is 3.37. The topological polar surface area (TPSA) is 38.5 Å². The molecule has 0 spiro atoms. The number of benzene rings is 1. The van der Waals surface area contributed by atoms with Gasteiger partial charge in [-0.15, -0.1) is 0 Å². The van der Waals surface area contributed by atoms with Crippen LogP contribution in [0.3, 0.4) is 0 Å². The maximum Gasteiger partial charge on any atom is 0.142 e. The number of hydrogen-bond acceptors (Lipinski definition) is 3. The zero-order chi connectivity index (χ0) is 12.1. The van der Waals surface area contributed by atoms with Crippen LogP contribution < -0.4 is 10.5 Å². The van der Waals surface area contributed by atoms with Crippen LogP contribution >= 0.6 is 0 Å². The average Bonchev–Trinajstić information content (AvgIpc) is 2.85. The fourth-order valence-corrected chi connectivity index (χ4v) is 2.44. The van der Waals surface area contributed by atoms with Crippen LogP contribution in [0, 0.1) is 0 Å². The second kappa shape index (κ2) is 5.92. The van der Waals surface area contributed by atoms with Gasteiger partial charge in [0, 0.05) is 12.6 Å². The van der Waals surface area contributed by atoms with Gasteiger partial charge in [0.1, 0.15) is 12.4 Å². The Morgan fingerprint density at radius 2 is 2.00 bits per heavy atom. The largest absolute Gasteiger partial charge is 0.490 e. The summed E-state index contributed by atoms with van der Waals surface area (Å²) in [5, 5.41) is 0. The van der Waals surface area contributed by atoms with E-state index < -0.39 is 0 Å². The molecule has 2 rings (SSSR count). The molecule has 0 atom stereocenters. The van der Waals surface area contributed by atoms with Crippen molar-refractivity contribution in [3.05, 3.63) is 24.3 Å². The van der Waals surface area contributed by atoms with E-state index >= 15 is 0 Å². The molecule has 0 unspecified atom stereocenters. The molecule has 1 aliphatic carbocycles. The zero-order valence-corrected chi connectivity index (χ0v) is 10.6. The van der Waals surface area contributed by atoms with Crippen molar-refractivity contribution >= 4 is 5.69 Å². The van der Waals surface area contributed by atoms with Crippen LogP contribution in [0.5, 0.6) is 5.75 Å². The lowest BCUT2D eigenvalue weighted by Crippen LogP contribution is -2.32. The number of hydrogen-bond donors (Lipinski definition) is 1. The highest BCUT2D eigenvalue weighted by molar-refractivity contribution is 5.51. The normalized spacial score (nSPS) is 16.6. The molecule has 3 nitrogen and oxygen atoms in total. The zero-order valence-electron chi connectivity index (χ0n) is 10.6. The predicted molar refractivity (Wildman–Crippen MR) is 71.2 cm³/mol. The number of nitrogens with two attached hydrogens (primary N) is 1. The SMILES string of the molecule is CN(CCOc1ccccc1N)C1CCCC1. The lowest BCUT2D eigenvalue weighted by Gasteiger charge is -2.23. The molecular formula is C14H22N2O. The molecule has 0 bridgehead atoms. The van der Waals surface area contributed by atoms with E-state index in [-0.39, 0.29) is 0 Å². The number of rotatable bonds is 5. The summed E-state index contributed by atoms with van der Waals surface area (Å²) in [5.41, 5.74) is 6.54. The highest BCUT2D eigenvalue weighted by Crippen LogP contribution is 2.23. The Balaban J connectivity index is 1.74. The number of anilines is 1. The van der Waals surface area contributed by atoms with Crippen molar-refractivity contribution in [3.8, 4) is 5.75 Å². The Kier molecular flexibility index (Phi) is 4.26. The third-order valence-corrected chi connectivity index (χ3v) is 3.57. The highest BCUT2D eigenvalue weighted by Gasteiger charge is 2.18. The number of likely N-dealkylation sites (N-methyl/N-ethyl adjacent to an activating group) is 1. The van der Waals surface area contributed by atoms with Gasteiger partial charge in [0.2, 0.25) is 0 Å².